The number of ether oxygens (including phenoxy) is 2. The summed E-state index contributed by atoms with van der Waals surface area (Å²) in [5, 5.41) is 2.72. The summed E-state index contributed by atoms with van der Waals surface area (Å²) in [5.74, 6) is 0.786. The topological polar surface area (TPSA) is 122 Å². The van der Waals surface area contributed by atoms with E-state index in [4.69, 9.17) is 9.47 Å². The van der Waals surface area contributed by atoms with Crippen LogP contribution in [0.5, 0.6) is 11.5 Å². The van der Waals surface area contributed by atoms with Crippen molar-refractivity contribution in [2.75, 3.05) is 31.7 Å². The minimum absolute atomic E-state index is 0.0321. The minimum atomic E-state index is -4.20. The van der Waals surface area contributed by atoms with Crippen LogP contribution in [0.15, 0.2) is 82.6 Å². The van der Waals surface area contributed by atoms with Gasteiger partial charge in [-0.1, -0.05) is 31.2 Å². The molecule has 2 aliphatic rings. The summed E-state index contributed by atoms with van der Waals surface area (Å²) in [6.45, 7) is 2.38. The first-order chi connectivity index (χ1) is 19.1. The third-order valence-corrected chi connectivity index (χ3v) is 10.6. The zero-order valence-corrected chi connectivity index (χ0v) is 23.7. The van der Waals surface area contributed by atoms with E-state index < -0.39 is 32.5 Å². The molecule has 212 valence electrons. The molecule has 0 bridgehead atoms. The fourth-order valence-electron chi connectivity index (χ4n) is 4.80. The first kappa shape index (κ1) is 28.1. The molecule has 0 spiro atoms. The van der Waals surface area contributed by atoms with Crippen molar-refractivity contribution in [1.82, 2.24) is 8.61 Å². The number of carbonyl (C=O) groups excluding carboxylic acids is 1. The molecule has 1 atom stereocenters. The van der Waals surface area contributed by atoms with E-state index in [1.807, 2.05) is 13.0 Å². The molecule has 10 nitrogen and oxygen atoms in total. The lowest BCUT2D eigenvalue weighted by molar-refractivity contribution is -0.116. The summed E-state index contributed by atoms with van der Waals surface area (Å²) in [4.78, 5) is 12.8. The Bertz CT molecular complexity index is 1580. The maximum atomic E-state index is 13.8. The molecule has 0 aromatic heterocycles. The van der Waals surface area contributed by atoms with Crippen LogP contribution >= 0.6 is 0 Å². The third kappa shape index (κ3) is 6.15. The lowest BCUT2D eigenvalue weighted by atomic mass is 10.0. The normalized spacial score (nSPS) is 17.6. The van der Waals surface area contributed by atoms with E-state index in [1.165, 1.54) is 28.6 Å². The Labute approximate surface area is 234 Å². The van der Waals surface area contributed by atoms with Gasteiger partial charge >= 0.3 is 0 Å². The summed E-state index contributed by atoms with van der Waals surface area (Å²) < 4.78 is 67.2. The van der Waals surface area contributed by atoms with Crippen LogP contribution in [0.1, 0.15) is 25.3 Å². The van der Waals surface area contributed by atoms with Gasteiger partial charge < -0.3 is 14.8 Å². The molecular formula is C28H31N3O7S2. The number of rotatable bonds is 9. The first-order valence-corrected chi connectivity index (χ1v) is 15.8. The van der Waals surface area contributed by atoms with Gasteiger partial charge in [-0.05, 0) is 72.9 Å². The van der Waals surface area contributed by atoms with Gasteiger partial charge in [-0.3, -0.25) is 4.79 Å². The van der Waals surface area contributed by atoms with Crippen LogP contribution in [0.4, 0.5) is 5.69 Å². The molecule has 1 N–H and O–H groups in total. The molecule has 1 saturated heterocycles. The number of hydrogen-bond acceptors (Lipinski definition) is 7. The SMILES string of the molecule is C[C@H]1CCCN(S(=O)(=O)c2ccc(S(=O)(=O)N(CC(=O)Nc3ccccc3)Cc3ccc4c(c3)OCO4)cc2)C1. The number of para-hydroxylation sites is 1. The standard InChI is InChI=1S/C28H31N3O7S2/c1-21-6-5-15-30(17-21)39(33,34)24-10-12-25(13-11-24)40(35,36)31(19-28(32)29-23-7-3-2-4-8-23)18-22-9-14-26-27(16-22)38-20-37-26/h2-4,7-14,16,21H,5-6,15,17-20H2,1H3,(H,29,32)/t21-/m0/s1. The lowest BCUT2D eigenvalue weighted by Gasteiger charge is -2.30. The van der Waals surface area contributed by atoms with Gasteiger partial charge in [-0.2, -0.15) is 8.61 Å². The molecule has 2 heterocycles. The van der Waals surface area contributed by atoms with Crippen molar-refractivity contribution in [3.63, 3.8) is 0 Å². The summed E-state index contributed by atoms with van der Waals surface area (Å²) in [5.41, 5.74) is 1.13. The molecule has 40 heavy (non-hydrogen) atoms. The Kier molecular flexibility index (Phi) is 8.13. The monoisotopic (exact) mass is 585 g/mol. The summed E-state index contributed by atoms with van der Waals surface area (Å²) in [6, 6.07) is 19.0. The fourth-order valence-corrected chi connectivity index (χ4v) is 7.78. The molecule has 0 unspecified atom stereocenters. The quantitative estimate of drug-likeness (QED) is 0.407. The third-order valence-electron chi connectivity index (χ3n) is 6.89. The lowest BCUT2D eigenvalue weighted by Crippen LogP contribution is -2.39. The highest BCUT2D eigenvalue weighted by molar-refractivity contribution is 7.89. The Balaban J connectivity index is 1.40. The van der Waals surface area contributed by atoms with Crippen LogP contribution in [-0.4, -0.2) is 57.8 Å². The number of sulfonamides is 2. The average molecular weight is 586 g/mol. The largest absolute Gasteiger partial charge is 0.454 e. The molecule has 0 aliphatic carbocycles. The maximum absolute atomic E-state index is 13.8. The number of nitrogens with zero attached hydrogens (tertiary/aromatic N) is 2. The van der Waals surface area contributed by atoms with E-state index >= 15 is 0 Å². The number of amides is 1. The smallest absolute Gasteiger partial charge is 0.243 e. The van der Waals surface area contributed by atoms with Crippen molar-refractivity contribution in [3.8, 4) is 11.5 Å². The molecule has 3 aromatic carbocycles. The molecular weight excluding hydrogens is 554 g/mol. The van der Waals surface area contributed by atoms with Crippen molar-refractivity contribution < 1.29 is 31.1 Å². The van der Waals surface area contributed by atoms with Gasteiger partial charge in [0.05, 0.1) is 16.3 Å². The van der Waals surface area contributed by atoms with Crippen molar-refractivity contribution in [1.29, 1.82) is 0 Å². The van der Waals surface area contributed by atoms with Crippen LogP contribution in [0.2, 0.25) is 0 Å². The van der Waals surface area contributed by atoms with Crippen LogP contribution in [-0.2, 0) is 31.4 Å². The molecule has 1 fully saturated rings. The van der Waals surface area contributed by atoms with Gasteiger partial charge in [-0.25, -0.2) is 16.8 Å². The van der Waals surface area contributed by atoms with Crippen molar-refractivity contribution in [2.24, 2.45) is 5.92 Å². The molecule has 0 saturated carbocycles. The number of carbonyl (C=O) groups is 1. The van der Waals surface area contributed by atoms with Gasteiger partial charge in [0, 0.05) is 25.3 Å². The van der Waals surface area contributed by atoms with Crippen LogP contribution in [0, 0.1) is 5.92 Å². The maximum Gasteiger partial charge on any atom is 0.243 e. The zero-order valence-electron chi connectivity index (χ0n) is 22.0. The highest BCUT2D eigenvalue weighted by Crippen LogP contribution is 2.33. The van der Waals surface area contributed by atoms with Crippen molar-refractivity contribution >= 4 is 31.6 Å². The summed E-state index contributed by atoms with van der Waals surface area (Å²) in [6.07, 6.45) is 1.76. The average Bonchev–Trinajstić information content (AvgIpc) is 3.41. The Morgan fingerprint density at radius 1 is 0.950 bits per heavy atom. The Morgan fingerprint density at radius 2 is 1.65 bits per heavy atom. The predicted octanol–water partition coefficient (Wildman–Crippen LogP) is 3.67. The van der Waals surface area contributed by atoms with Crippen LogP contribution in [0.25, 0.3) is 0 Å². The van der Waals surface area contributed by atoms with Crippen molar-refractivity contribution in [2.45, 2.75) is 36.1 Å². The predicted molar refractivity (Wildman–Crippen MR) is 149 cm³/mol. The molecule has 5 rings (SSSR count). The van der Waals surface area contributed by atoms with E-state index in [0.29, 0.717) is 35.8 Å². The number of piperidine rings is 1. The van der Waals surface area contributed by atoms with Crippen LogP contribution in [0.3, 0.4) is 0 Å². The summed E-state index contributed by atoms with van der Waals surface area (Å²) in [7, 11) is -7.95. The Morgan fingerprint density at radius 3 is 2.38 bits per heavy atom. The number of benzene rings is 3. The van der Waals surface area contributed by atoms with E-state index in [2.05, 4.69) is 5.32 Å². The molecule has 0 radical (unpaired) electrons. The zero-order chi connectivity index (χ0) is 28.3. The molecule has 3 aromatic rings. The van der Waals surface area contributed by atoms with E-state index in [1.54, 1.807) is 42.5 Å². The van der Waals surface area contributed by atoms with Crippen LogP contribution < -0.4 is 14.8 Å². The van der Waals surface area contributed by atoms with E-state index in [-0.39, 0.29) is 29.0 Å². The van der Waals surface area contributed by atoms with Gasteiger partial charge in [0.1, 0.15) is 0 Å². The number of hydrogen-bond donors (Lipinski definition) is 1. The number of fused-ring (bicyclic) bond motifs is 1. The Hall–Kier alpha value is -3.45. The van der Waals surface area contributed by atoms with Crippen molar-refractivity contribution in [3.05, 3.63) is 78.4 Å². The first-order valence-electron chi connectivity index (χ1n) is 13.0. The van der Waals surface area contributed by atoms with E-state index in [9.17, 15) is 21.6 Å². The highest BCUT2D eigenvalue weighted by atomic mass is 32.2. The second-order valence-electron chi connectivity index (χ2n) is 9.96. The minimum Gasteiger partial charge on any atom is -0.454 e. The number of anilines is 1. The van der Waals surface area contributed by atoms with Gasteiger partial charge in [0.2, 0.25) is 32.7 Å². The van der Waals surface area contributed by atoms with Gasteiger partial charge in [0.15, 0.2) is 11.5 Å². The summed E-state index contributed by atoms with van der Waals surface area (Å²) >= 11 is 0. The van der Waals surface area contributed by atoms with Gasteiger partial charge in [0.25, 0.3) is 0 Å². The molecule has 1 amide bonds. The second-order valence-corrected chi connectivity index (χ2v) is 13.8. The fraction of sp³-hybridized carbons (Fsp3) is 0.321. The molecule has 12 heteroatoms. The van der Waals surface area contributed by atoms with Gasteiger partial charge in [-0.15, -0.1) is 0 Å². The molecule has 2 aliphatic heterocycles. The second kappa shape index (κ2) is 11.6. The number of nitrogens with one attached hydrogen (secondary N) is 1. The highest BCUT2D eigenvalue weighted by Gasteiger charge is 2.31. The van der Waals surface area contributed by atoms with E-state index in [0.717, 1.165) is 17.1 Å².